The van der Waals surface area contributed by atoms with Gasteiger partial charge in [-0.05, 0) is 19.8 Å². The molecule has 2 amide bonds. The first-order valence-electron chi connectivity index (χ1n) is 6.35. The molecule has 2 aliphatic rings. The normalized spacial score (nSPS) is 23.7. The van der Waals surface area contributed by atoms with E-state index in [9.17, 15) is 14.7 Å². The number of aliphatic hydroxyl groups is 1. The first-order valence-corrected chi connectivity index (χ1v) is 6.35. The number of piperidine rings is 1. The van der Waals surface area contributed by atoms with E-state index in [0.717, 1.165) is 0 Å². The van der Waals surface area contributed by atoms with Crippen molar-refractivity contribution in [3.05, 3.63) is 0 Å². The fourth-order valence-electron chi connectivity index (χ4n) is 2.48. The molecule has 6 heteroatoms. The molecule has 0 saturated carbocycles. The zero-order valence-electron chi connectivity index (χ0n) is 10.6. The summed E-state index contributed by atoms with van der Waals surface area (Å²) in [4.78, 5) is 26.0. The number of rotatable bonds is 2. The predicted octanol–water partition coefficient (Wildman–Crippen LogP) is 0.360. The van der Waals surface area contributed by atoms with Crippen LogP contribution >= 0.6 is 0 Å². The number of nitrogens with zero attached hydrogens (tertiary/aromatic N) is 2. The molecule has 0 aromatic carbocycles. The van der Waals surface area contributed by atoms with E-state index in [1.807, 2.05) is 0 Å². The highest BCUT2D eigenvalue weighted by atomic mass is 16.4. The molecule has 0 aromatic heterocycles. The number of carbonyl (C=O) groups excluding carboxylic acids is 1. The molecule has 2 heterocycles. The van der Waals surface area contributed by atoms with E-state index in [-0.39, 0.29) is 18.4 Å². The van der Waals surface area contributed by atoms with Gasteiger partial charge in [-0.2, -0.15) is 0 Å². The number of carbonyl (C=O) groups is 2. The summed E-state index contributed by atoms with van der Waals surface area (Å²) in [6, 6.07) is -0.0212. The first kappa shape index (κ1) is 13.1. The summed E-state index contributed by atoms with van der Waals surface area (Å²) in [6.45, 7) is 4.02. The number of aliphatic carboxylic acids is 1. The minimum Gasteiger partial charge on any atom is -0.481 e. The highest BCUT2D eigenvalue weighted by molar-refractivity contribution is 5.76. The van der Waals surface area contributed by atoms with Gasteiger partial charge in [0.15, 0.2) is 0 Å². The number of amides is 2. The molecule has 0 bridgehead atoms. The summed E-state index contributed by atoms with van der Waals surface area (Å²) in [7, 11) is 0. The molecule has 2 aliphatic heterocycles. The summed E-state index contributed by atoms with van der Waals surface area (Å²) in [5, 5.41) is 18.4. The van der Waals surface area contributed by atoms with Crippen molar-refractivity contribution >= 4 is 12.0 Å². The van der Waals surface area contributed by atoms with Crippen molar-refractivity contribution in [1.82, 2.24) is 9.80 Å². The Kier molecular flexibility index (Phi) is 3.47. The van der Waals surface area contributed by atoms with Crippen LogP contribution in [0.5, 0.6) is 0 Å². The number of likely N-dealkylation sites (tertiary alicyclic amines) is 2. The standard InChI is InChI=1S/C12H20N2O4/c1-12(18)2-4-13(5-3-12)11(17)14-7-9(8-14)6-10(15)16/h9,18H,2-8H2,1H3,(H,15,16). The maximum absolute atomic E-state index is 12.0. The second-order valence-corrected chi connectivity index (χ2v) is 5.64. The van der Waals surface area contributed by atoms with E-state index in [1.54, 1.807) is 16.7 Å². The van der Waals surface area contributed by atoms with Gasteiger partial charge >= 0.3 is 12.0 Å². The lowest BCUT2D eigenvalue weighted by molar-refractivity contribution is -0.139. The fraction of sp³-hybridized carbons (Fsp3) is 0.833. The van der Waals surface area contributed by atoms with Crippen molar-refractivity contribution in [3.8, 4) is 0 Å². The maximum Gasteiger partial charge on any atom is 0.320 e. The molecular formula is C12H20N2O4. The van der Waals surface area contributed by atoms with E-state index < -0.39 is 11.6 Å². The fourth-order valence-corrected chi connectivity index (χ4v) is 2.48. The van der Waals surface area contributed by atoms with Gasteiger partial charge in [0.05, 0.1) is 12.0 Å². The van der Waals surface area contributed by atoms with Crippen LogP contribution in [0.4, 0.5) is 4.79 Å². The van der Waals surface area contributed by atoms with Crippen LogP contribution in [0.15, 0.2) is 0 Å². The topological polar surface area (TPSA) is 81.1 Å². The SMILES string of the molecule is CC1(O)CCN(C(=O)N2CC(CC(=O)O)C2)CC1. The molecule has 2 saturated heterocycles. The molecule has 2 N–H and O–H groups in total. The summed E-state index contributed by atoms with van der Waals surface area (Å²) < 4.78 is 0. The lowest BCUT2D eigenvalue weighted by Crippen LogP contribution is -2.57. The van der Waals surface area contributed by atoms with Gasteiger partial charge in [0.1, 0.15) is 0 Å². The monoisotopic (exact) mass is 256 g/mol. The minimum atomic E-state index is -0.805. The van der Waals surface area contributed by atoms with Crippen molar-refractivity contribution in [2.75, 3.05) is 26.2 Å². The van der Waals surface area contributed by atoms with Gasteiger partial charge in [-0.15, -0.1) is 0 Å². The van der Waals surface area contributed by atoms with Crippen molar-refractivity contribution in [2.24, 2.45) is 5.92 Å². The Morgan fingerprint density at radius 3 is 2.28 bits per heavy atom. The lowest BCUT2D eigenvalue weighted by Gasteiger charge is -2.44. The molecule has 0 spiro atoms. The Balaban J connectivity index is 1.75. The maximum atomic E-state index is 12.0. The summed E-state index contributed by atoms with van der Waals surface area (Å²) in [5.41, 5.74) is -0.655. The Morgan fingerprint density at radius 1 is 1.22 bits per heavy atom. The van der Waals surface area contributed by atoms with Crippen molar-refractivity contribution < 1.29 is 19.8 Å². The van der Waals surface area contributed by atoms with Gasteiger partial charge in [0.2, 0.25) is 0 Å². The van der Waals surface area contributed by atoms with Gasteiger partial charge in [-0.25, -0.2) is 4.79 Å². The zero-order valence-corrected chi connectivity index (χ0v) is 10.6. The van der Waals surface area contributed by atoms with Crippen molar-refractivity contribution in [2.45, 2.75) is 31.8 Å². The first-order chi connectivity index (χ1) is 8.37. The summed E-state index contributed by atoms with van der Waals surface area (Å²) in [6.07, 6.45) is 1.34. The molecule has 102 valence electrons. The Morgan fingerprint density at radius 2 is 1.78 bits per heavy atom. The molecule has 6 nitrogen and oxygen atoms in total. The Bertz CT molecular complexity index is 340. The average Bonchev–Trinajstić information content (AvgIpc) is 2.21. The van der Waals surface area contributed by atoms with Crippen LogP contribution < -0.4 is 0 Å². The summed E-state index contributed by atoms with van der Waals surface area (Å²) >= 11 is 0. The van der Waals surface area contributed by atoms with Crippen LogP contribution in [0, 0.1) is 5.92 Å². The van der Waals surface area contributed by atoms with Crippen LogP contribution in [-0.2, 0) is 4.79 Å². The second kappa shape index (κ2) is 4.76. The van der Waals surface area contributed by atoms with E-state index in [0.29, 0.717) is 39.0 Å². The zero-order chi connectivity index (χ0) is 13.3. The number of carboxylic acid groups (broad SMARTS) is 1. The Labute approximate surface area is 106 Å². The molecule has 18 heavy (non-hydrogen) atoms. The van der Waals surface area contributed by atoms with Gasteiger partial charge in [0, 0.05) is 32.1 Å². The second-order valence-electron chi connectivity index (χ2n) is 5.64. The highest BCUT2D eigenvalue weighted by Crippen LogP contribution is 2.25. The van der Waals surface area contributed by atoms with Gasteiger partial charge in [-0.1, -0.05) is 0 Å². The molecule has 0 atom stereocenters. The van der Waals surface area contributed by atoms with Crippen LogP contribution in [0.25, 0.3) is 0 Å². The largest absolute Gasteiger partial charge is 0.481 e. The van der Waals surface area contributed by atoms with Crippen LogP contribution in [0.2, 0.25) is 0 Å². The molecule has 0 radical (unpaired) electrons. The lowest BCUT2D eigenvalue weighted by atomic mass is 9.93. The van der Waals surface area contributed by atoms with E-state index in [4.69, 9.17) is 5.11 Å². The third-order valence-corrected chi connectivity index (χ3v) is 3.80. The van der Waals surface area contributed by atoms with E-state index in [1.165, 1.54) is 0 Å². The van der Waals surface area contributed by atoms with E-state index in [2.05, 4.69) is 0 Å². The van der Waals surface area contributed by atoms with Crippen LogP contribution in [0.1, 0.15) is 26.2 Å². The van der Waals surface area contributed by atoms with Gasteiger partial charge in [0.25, 0.3) is 0 Å². The van der Waals surface area contributed by atoms with Crippen LogP contribution in [0.3, 0.4) is 0 Å². The highest BCUT2D eigenvalue weighted by Gasteiger charge is 2.37. The van der Waals surface area contributed by atoms with Crippen LogP contribution in [-0.4, -0.2) is 63.8 Å². The number of carboxylic acids is 1. The third-order valence-electron chi connectivity index (χ3n) is 3.80. The van der Waals surface area contributed by atoms with E-state index >= 15 is 0 Å². The van der Waals surface area contributed by atoms with Crippen molar-refractivity contribution in [1.29, 1.82) is 0 Å². The molecule has 2 fully saturated rings. The molecular weight excluding hydrogens is 236 g/mol. The molecule has 2 rings (SSSR count). The number of hydrogen-bond acceptors (Lipinski definition) is 3. The molecule has 0 aliphatic carbocycles. The summed E-state index contributed by atoms with van der Waals surface area (Å²) in [5.74, 6) is -0.708. The minimum absolute atomic E-state index is 0.0212. The number of urea groups is 1. The van der Waals surface area contributed by atoms with Gasteiger partial charge < -0.3 is 20.0 Å². The third kappa shape index (κ3) is 2.93. The van der Waals surface area contributed by atoms with Gasteiger partial charge in [-0.3, -0.25) is 4.79 Å². The smallest absolute Gasteiger partial charge is 0.320 e. The Hall–Kier alpha value is -1.30. The predicted molar refractivity (Wildman–Crippen MR) is 64.1 cm³/mol. The molecule has 0 aromatic rings. The number of hydrogen-bond donors (Lipinski definition) is 2. The quantitative estimate of drug-likeness (QED) is 0.747. The van der Waals surface area contributed by atoms with Crippen molar-refractivity contribution in [3.63, 3.8) is 0 Å². The average molecular weight is 256 g/mol. The molecule has 0 unspecified atom stereocenters.